The van der Waals surface area contributed by atoms with Crippen LogP contribution in [-0.4, -0.2) is 6.54 Å². The van der Waals surface area contributed by atoms with Gasteiger partial charge in [0.05, 0.1) is 0 Å². The van der Waals surface area contributed by atoms with E-state index >= 15 is 0 Å². The second-order valence-electron chi connectivity index (χ2n) is 2.48. The Morgan fingerprint density at radius 1 is 1.27 bits per heavy atom. The molecule has 0 atom stereocenters. The predicted octanol–water partition coefficient (Wildman–Crippen LogP) is 2.23. The second kappa shape index (κ2) is 4.37. The predicted molar refractivity (Wildman–Crippen MR) is 48.8 cm³/mol. The summed E-state index contributed by atoms with van der Waals surface area (Å²) in [7, 11) is 0. The molecule has 0 heterocycles. The quantitative estimate of drug-likeness (QED) is 0.738. The molecule has 60 valence electrons. The van der Waals surface area contributed by atoms with Crippen LogP contribution in [0.1, 0.15) is 12.0 Å². The van der Waals surface area contributed by atoms with Crippen molar-refractivity contribution in [1.29, 1.82) is 0 Å². The molecular weight excluding hydrogens is 158 g/mol. The molecule has 11 heavy (non-hydrogen) atoms. The molecule has 0 bridgehead atoms. The Hall–Kier alpha value is -0.530. The number of aryl methyl sites for hydroxylation is 1. The van der Waals surface area contributed by atoms with E-state index in [1.807, 2.05) is 24.3 Å². The molecule has 0 saturated heterocycles. The van der Waals surface area contributed by atoms with Crippen LogP contribution in [0.15, 0.2) is 24.3 Å². The highest BCUT2D eigenvalue weighted by Gasteiger charge is 1.96. The van der Waals surface area contributed by atoms with Crippen molar-refractivity contribution in [3.63, 3.8) is 0 Å². The van der Waals surface area contributed by atoms with Crippen molar-refractivity contribution in [1.82, 2.24) is 0 Å². The third-order valence-corrected chi connectivity index (χ3v) is 1.98. The molecule has 0 radical (unpaired) electrons. The highest BCUT2D eigenvalue weighted by molar-refractivity contribution is 6.31. The van der Waals surface area contributed by atoms with Gasteiger partial charge < -0.3 is 5.73 Å². The Bertz CT molecular complexity index is 223. The van der Waals surface area contributed by atoms with Gasteiger partial charge in [-0.05, 0) is 31.0 Å². The van der Waals surface area contributed by atoms with Gasteiger partial charge in [0.1, 0.15) is 0 Å². The number of hydrogen-bond donors (Lipinski definition) is 1. The van der Waals surface area contributed by atoms with E-state index in [-0.39, 0.29) is 0 Å². The fourth-order valence-electron chi connectivity index (χ4n) is 0.994. The molecule has 1 aromatic carbocycles. The summed E-state index contributed by atoms with van der Waals surface area (Å²) in [6.07, 6.45) is 1.99. The third-order valence-electron chi connectivity index (χ3n) is 1.61. The van der Waals surface area contributed by atoms with Gasteiger partial charge >= 0.3 is 0 Å². The zero-order valence-corrected chi connectivity index (χ0v) is 7.14. The van der Waals surface area contributed by atoms with Gasteiger partial charge in [-0.1, -0.05) is 29.8 Å². The van der Waals surface area contributed by atoms with Crippen molar-refractivity contribution in [3.8, 4) is 0 Å². The standard InChI is InChI=1S/C9H12ClN/c10-9-6-2-1-4-8(9)5-3-7-11/h1-2,4,6H,3,5,7,11H2. The smallest absolute Gasteiger partial charge is 0.0437 e. The van der Waals surface area contributed by atoms with Gasteiger partial charge in [0.25, 0.3) is 0 Å². The number of hydrogen-bond acceptors (Lipinski definition) is 1. The molecule has 0 amide bonds. The van der Waals surface area contributed by atoms with Crippen LogP contribution >= 0.6 is 11.6 Å². The fraction of sp³-hybridized carbons (Fsp3) is 0.333. The summed E-state index contributed by atoms with van der Waals surface area (Å²) in [5.41, 5.74) is 6.58. The second-order valence-corrected chi connectivity index (χ2v) is 2.89. The van der Waals surface area contributed by atoms with E-state index < -0.39 is 0 Å². The van der Waals surface area contributed by atoms with Crippen molar-refractivity contribution in [3.05, 3.63) is 34.9 Å². The Labute approximate surface area is 72.2 Å². The normalized spacial score (nSPS) is 10.0. The maximum Gasteiger partial charge on any atom is 0.0437 e. The first kappa shape index (κ1) is 8.57. The van der Waals surface area contributed by atoms with Crippen LogP contribution in [0.2, 0.25) is 5.02 Å². The number of nitrogens with two attached hydrogens (primary N) is 1. The highest BCUT2D eigenvalue weighted by Crippen LogP contribution is 2.15. The molecule has 0 spiro atoms. The summed E-state index contributed by atoms with van der Waals surface area (Å²) >= 11 is 5.92. The molecule has 1 rings (SSSR count). The molecule has 1 nitrogen and oxygen atoms in total. The Morgan fingerprint density at radius 3 is 2.64 bits per heavy atom. The van der Waals surface area contributed by atoms with Gasteiger partial charge in [-0.15, -0.1) is 0 Å². The topological polar surface area (TPSA) is 26.0 Å². The third kappa shape index (κ3) is 2.52. The summed E-state index contributed by atoms with van der Waals surface area (Å²) < 4.78 is 0. The maximum absolute atomic E-state index is 5.92. The van der Waals surface area contributed by atoms with E-state index in [4.69, 9.17) is 17.3 Å². The van der Waals surface area contributed by atoms with Crippen molar-refractivity contribution < 1.29 is 0 Å². The van der Waals surface area contributed by atoms with Crippen LogP contribution in [0, 0.1) is 0 Å². The molecule has 1 aromatic rings. The fourth-order valence-corrected chi connectivity index (χ4v) is 1.22. The number of rotatable bonds is 3. The highest BCUT2D eigenvalue weighted by atomic mass is 35.5. The van der Waals surface area contributed by atoms with Gasteiger partial charge in [0, 0.05) is 5.02 Å². The van der Waals surface area contributed by atoms with Crippen LogP contribution in [0.3, 0.4) is 0 Å². The molecule has 0 aliphatic carbocycles. The molecule has 0 fully saturated rings. The lowest BCUT2D eigenvalue weighted by Crippen LogP contribution is -2.00. The molecule has 0 aromatic heterocycles. The minimum absolute atomic E-state index is 0.727. The van der Waals surface area contributed by atoms with Crippen LogP contribution in [0.4, 0.5) is 0 Å². The minimum atomic E-state index is 0.727. The van der Waals surface area contributed by atoms with Crippen LogP contribution in [0.25, 0.3) is 0 Å². The van der Waals surface area contributed by atoms with Crippen LogP contribution in [-0.2, 0) is 6.42 Å². The van der Waals surface area contributed by atoms with Crippen molar-refractivity contribution >= 4 is 11.6 Å². The van der Waals surface area contributed by atoms with E-state index in [9.17, 15) is 0 Å². The first-order valence-electron chi connectivity index (χ1n) is 3.78. The Morgan fingerprint density at radius 2 is 2.00 bits per heavy atom. The zero-order chi connectivity index (χ0) is 8.10. The molecular formula is C9H12ClN. The van der Waals surface area contributed by atoms with E-state index in [0.717, 1.165) is 24.4 Å². The Kier molecular flexibility index (Phi) is 3.40. The summed E-state index contributed by atoms with van der Waals surface area (Å²) in [5, 5.41) is 0.848. The summed E-state index contributed by atoms with van der Waals surface area (Å²) in [4.78, 5) is 0. The summed E-state index contributed by atoms with van der Waals surface area (Å²) in [6.45, 7) is 0.727. The van der Waals surface area contributed by atoms with E-state index in [1.54, 1.807) is 0 Å². The molecule has 2 N–H and O–H groups in total. The average Bonchev–Trinajstić information content (AvgIpc) is 2.03. The van der Waals surface area contributed by atoms with Gasteiger partial charge in [0.15, 0.2) is 0 Å². The summed E-state index contributed by atoms with van der Waals surface area (Å²) in [6, 6.07) is 7.89. The lowest BCUT2D eigenvalue weighted by atomic mass is 10.1. The van der Waals surface area contributed by atoms with Gasteiger partial charge in [-0.3, -0.25) is 0 Å². The lowest BCUT2D eigenvalue weighted by molar-refractivity contribution is 0.833. The van der Waals surface area contributed by atoms with Gasteiger partial charge in [0.2, 0.25) is 0 Å². The van der Waals surface area contributed by atoms with Crippen molar-refractivity contribution in [2.75, 3.05) is 6.54 Å². The summed E-state index contributed by atoms with van der Waals surface area (Å²) in [5.74, 6) is 0. The molecule has 0 unspecified atom stereocenters. The zero-order valence-electron chi connectivity index (χ0n) is 6.39. The van der Waals surface area contributed by atoms with E-state index in [1.165, 1.54) is 5.56 Å². The maximum atomic E-state index is 5.92. The van der Waals surface area contributed by atoms with Gasteiger partial charge in [-0.25, -0.2) is 0 Å². The SMILES string of the molecule is NCCCc1ccccc1Cl. The lowest BCUT2D eigenvalue weighted by Gasteiger charge is -2.00. The average molecular weight is 170 g/mol. The molecule has 0 aliphatic heterocycles. The van der Waals surface area contributed by atoms with E-state index in [0.29, 0.717) is 0 Å². The van der Waals surface area contributed by atoms with Crippen LogP contribution in [0.5, 0.6) is 0 Å². The number of halogens is 1. The van der Waals surface area contributed by atoms with E-state index in [2.05, 4.69) is 0 Å². The first-order chi connectivity index (χ1) is 5.34. The molecule has 0 saturated carbocycles. The van der Waals surface area contributed by atoms with Crippen molar-refractivity contribution in [2.45, 2.75) is 12.8 Å². The minimum Gasteiger partial charge on any atom is -0.330 e. The van der Waals surface area contributed by atoms with Gasteiger partial charge in [-0.2, -0.15) is 0 Å². The van der Waals surface area contributed by atoms with Crippen LogP contribution < -0.4 is 5.73 Å². The molecule has 0 aliphatic rings. The monoisotopic (exact) mass is 169 g/mol. The number of benzene rings is 1. The first-order valence-corrected chi connectivity index (χ1v) is 4.16. The largest absolute Gasteiger partial charge is 0.330 e. The Balaban J connectivity index is 2.62. The molecule has 2 heteroatoms. The van der Waals surface area contributed by atoms with Crippen molar-refractivity contribution in [2.24, 2.45) is 5.73 Å².